The molecule has 0 aromatic heterocycles. The monoisotopic (exact) mass is 552 g/mol. The zero-order valence-corrected chi connectivity index (χ0v) is 28.8. The van der Waals surface area contributed by atoms with Crippen molar-refractivity contribution in [1.29, 1.82) is 0 Å². The van der Waals surface area contributed by atoms with E-state index in [4.69, 9.17) is 0 Å². The number of hydrogen-bond donors (Lipinski definition) is 0. The minimum Gasteiger partial charge on any atom is -0.304 e. The summed E-state index contributed by atoms with van der Waals surface area (Å²) in [6.07, 6.45) is 44.1. The minimum atomic E-state index is 1.22. The van der Waals surface area contributed by atoms with Gasteiger partial charge in [0.15, 0.2) is 0 Å². The Bertz CT molecular complexity index is 375. The van der Waals surface area contributed by atoms with Gasteiger partial charge in [-0.1, -0.05) is 221 Å². The Labute approximate surface area is 251 Å². The van der Waals surface area contributed by atoms with Gasteiger partial charge in [0, 0.05) is 0 Å². The first-order chi connectivity index (χ1) is 19.3. The van der Waals surface area contributed by atoms with Gasteiger partial charge in [-0.3, -0.25) is 0 Å². The van der Waals surface area contributed by atoms with E-state index in [1.807, 2.05) is 0 Å². The third-order valence-electron chi connectivity index (χ3n) is 8.47. The van der Waals surface area contributed by atoms with Gasteiger partial charge in [0.05, 0.1) is 0 Å². The van der Waals surface area contributed by atoms with Crippen LogP contribution in [0.2, 0.25) is 0 Å². The largest absolute Gasteiger partial charge is 0.304 e. The van der Waals surface area contributed by atoms with E-state index in [9.17, 15) is 0 Å². The lowest BCUT2D eigenvalue weighted by atomic mass is 10.0. The zero-order chi connectivity index (χ0) is 28.9. The van der Waals surface area contributed by atoms with E-state index in [0.29, 0.717) is 0 Å². The summed E-state index contributed by atoms with van der Waals surface area (Å²) in [4.78, 5) is 2.56. The second-order valence-electron chi connectivity index (χ2n) is 12.6. The van der Waals surface area contributed by atoms with Crippen molar-refractivity contribution in [1.82, 2.24) is 4.90 Å². The Morgan fingerprint density at radius 2 is 0.436 bits per heavy atom. The van der Waals surface area contributed by atoms with Crippen molar-refractivity contribution in [3.05, 3.63) is 0 Å². The van der Waals surface area contributed by atoms with E-state index < -0.39 is 0 Å². The third-order valence-corrected chi connectivity index (χ3v) is 8.47. The highest BCUT2D eigenvalue weighted by Gasteiger charge is 1.99. The number of unbranched alkanes of at least 4 members (excludes halogenated alkanes) is 28. The highest BCUT2D eigenvalue weighted by atomic mass is 15.1. The zero-order valence-electron chi connectivity index (χ0n) is 28.8. The molecular weight excluding hydrogens is 470 g/mol. The summed E-state index contributed by atoms with van der Waals surface area (Å²) in [5.41, 5.74) is 0. The maximum Gasteiger partial charge on any atom is -0.00190 e. The number of hydrogen-bond acceptors (Lipinski definition) is 1. The Morgan fingerprint density at radius 1 is 0.256 bits per heavy atom. The first-order valence-electron chi connectivity index (χ1n) is 19.0. The van der Waals surface area contributed by atoms with E-state index in [0.717, 1.165) is 0 Å². The van der Waals surface area contributed by atoms with Crippen molar-refractivity contribution >= 4 is 0 Å². The first-order valence-corrected chi connectivity index (χ1v) is 19.0. The van der Waals surface area contributed by atoms with E-state index >= 15 is 0 Å². The molecule has 0 saturated heterocycles. The van der Waals surface area contributed by atoms with Gasteiger partial charge in [0.25, 0.3) is 0 Å². The van der Waals surface area contributed by atoms with Crippen LogP contribution in [0.25, 0.3) is 0 Å². The van der Waals surface area contributed by atoms with Crippen molar-refractivity contribution in [2.24, 2.45) is 0 Å². The Kier molecular flexibility index (Phi) is 42.3. The molecule has 1 nitrogen and oxygen atoms in total. The van der Waals surface area contributed by atoms with Crippen LogP contribution < -0.4 is 0 Å². The Hall–Kier alpha value is -0.0400. The Balaban J connectivity index is 0. The molecule has 0 spiro atoms. The molecule has 39 heavy (non-hydrogen) atoms. The van der Waals surface area contributed by atoms with Crippen LogP contribution in [0.1, 0.15) is 227 Å². The minimum absolute atomic E-state index is 1.22. The van der Waals surface area contributed by atoms with Crippen molar-refractivity contribution in [3.63, 3.8) is 0 Å². The molecule has 0 aromatic carbocycles. The molecule has 0 aliphatic carbocycles. The van der Waals surface area contributed by atoms with Gasteiger partial charge < -0.3 is 4.90 Å². The highest BCUT2D eigenvalue weighted by molar-refractivity contribution is 4.54. The van der Waals surface area contributed by atoms with E-state index in [1.165, 1.54) is 212 Å². The second kappa shape index (κ2) is 40.1. The average Bonchev–Trinajstić information content (AvgIpc) is 2.94. The van der Waals surface area contributed by atoms with Crippen LogP contribution in [0.15, 0.2) is 0 Å². The highest BCUT2D eigenvalue weighted by Crippen LogP contribution is 2.16. The summed E-state index contributed by atoms with van der Waals surface area (Å²) in [6.45, 7) is 14.9. The van der Waals surface area contributed by atoms with E-state index in [1.54, 1.807) is 0 Å². The normalized spacial score (nSPS) is 11.2. The van der Waals surface area contributed by atoms with Crippen LogP contribution in [-0.4, -0.2) is 24.5 Å². The fraction of sp³-hybridized carbons (Fsp3) is 1.00. The van der Waals surface area contributed by atoms with Crippen LogP contribution in [0.4, 0.5) is 0 Å². The first kappa shape index (κ1) is 41.1. The molecule has 0 rings (SSSR count). The van der Waals surface area contributed by atoms with Gasteiger partial charge in [-0.2, -0.15) is 0 Å². The van der Waals surface area contributed by atoms with E-state index in [-0.39, 0.29) is 0 Å². The molecule has 0 amide bonds. The summed E-state index contributed by atoms with van der Waals surface area (Å²) >= 11 is 0. The van der Waals surface area contributed by atoms with Gasteiger partial charge in [-0.25, -0.2) is 0 Å². The predicted molar refractivity (Wildman–Crippen MR) is 183 cm³/mol. The molecular formula is C38H81N. The number of rotatable bonds is 32. The molecule has 0 saturated carbocycles. The molecule has 0 aliphatic rings. The van der Waals surface area contributed by atoms with Crippen molar-refractivity contribution in [3.8, 4) is 0 Å². The summed E-state index contributed by atoms with van der Waals surface area (Å²) in [5.74, 6) is 0. The average molecular weight is 552 g/mol. The van der Waals surface area contributed by atoms with Gasteiger partial charge in [0.1, 0.15) is 0 Å². The lowest BCUT2D eigenvalue weighted by Gasteiger charge is -2.17. The van der Waals surface area contributed by atoms with Crippen LogP contribution in [0.3, 0.4) is 0 Å². The quantitative estimate of drug-likeness (QED) is 0.0751. The van der Waals surface area contributed by atoms with Crippen LogP contribution in [0, 0.1) is 0 Å². The lowest BCUT2D eigenvalue weighted by molar-refractivity contribution is 0.295. The summed E-state index contributed by atoms with van der Waals surface area (Å²) < 4.78 is 0. The molecule has 0 N–H and O–H groups in total. The lowest BCUT2D eigenvalue weighted by Crippen LogP contribution is -2.23. The summed E-state index contributed by atoms with van der Waals surface area (Å²) in [5, 5.41) is 0. The fourth-order valence-corrected chi connectivity index (χ4v) is 5.72. The van der Waals surface area contributed by atoms with Gasteiger partial charge >= 0.3 is 0 Å². The molecule has 0 atom stereocenters. The molecule has 0 fully saturated rings. The molecule has 0 aliphatic heterocycles. The Morgan fingerprint density at radius 3 is 0.615 bits per heavy atom. The van der Waals surface area contributed by atoms with Crippen LogP contribution >= 0.6 is 0 Å². The van der Waals surface area contributed by atoms with Crippen molar-refractivity contribution in [2.75, 3.05) is 19.6 Å². The smallest absolute Gasteiger partial charge is 0.00190 e. The molecule has 238 valence electrons. The SMILES string of the molecule is CCC.CCCCCCCCCCCCCCCCCCCCCCCCCCCCCCCN(CC)CC. The molecule has 1 heteroatoms. The molecule has 0 bridgehead atoms. The van der Waals surface area contributed by atoms with Crippen molar-refractivity contribution in [2.45, 2.75) is 227 Å². The maximum atomic E-state index is 2.56. The standard InChI is InChI=1S/C35H73N.C3H8/c1-4-7-8-9-10-11-12-13-14-15-16-17-18-19-20-21-22-23-24-25-26-27-28-29-30-31-32-33-34-35-36(5-2)6-3;1-3-2/h4-35H2,1-3H3;3H2,1-2H3. The molecule has 0 unspecified atom stereocenters. The van der Waals surface area contributed by atoms with Gasteiger partial charge in [0.2, 0.25) is 0 Å². The van der Waals surface area contributed by atoms with Crippen LogP contribution in [-0.2, 0) is 0 Å². The van der Waals surface area contributed by atoms with Gasteiger partial charge in [-0.05, 0) is 26.1 Å². The topological polar surface area (TPSA) is 3.24 Å². The van der Waals surface area contributed by atoms with Gasteiger partial charge in [-0.15, -0.1) is 0 Å². The van der Waals surface area contributed by atoms with Crippen LogP contribution in [0.5, 0.6) is 0 Å². The van der Waals surface area contributed by atoms with Crippen molar-refractivity contribution < 1.29 is 0 Å². The summed E-state index contributed by atoms with van der Waals surface area (Å²) in [7, 11) is 0. The fourth-order valence-electron chi connectivity index (χ4n) is 5.72. The molecule has 0 aromatic rings. The molecule has 0 radical (unpaired) electrons. The third kappa shape index (κ3) is 40.2. The second-order valence-corrected chi connectivity index (χ2v) is 12.6. The predicted octanol–water partition coefficient (Wildman–Crippen LogP) is 14.1. The summed E-state index contributed by atoms with van der Waals surface area (Å²) in [6, 6.07) is 0. The maximum absolute atomic E-state index is 2.56. The van der Waals surface area contributed by atoms with E-state index in [2.05, 4.69) is 39.5 Å². The molecule has 0 heterocycles. The number of nitrogens with zero attached hydrogens (tertiary/aromatic N) is 1.